The second-order valence-electron chi connectivity index (χ2n) is 6.72. The molecule has 7 heteroatoms. The number of aryl methyl sites for hydroxylation is 2. The molecule has 1 saturated heterocycles. The summed E-state index contributed by atoms with van der Waals surface area (Å²) in [5, 5.41) is 7.92. The molecule has 1 aliphatic rings. The third-order valence-electron chi connectivity index (χ3n) is 4.48. The highest BCUT2D eigenvalue weighted by atomic mass is 32.1. The Bertz CT molecular complexity index is 542. The van der Waals surface area contributed by atoms with Crippen LogP contribution in [0.4, 0.5) is 0 Å². The number of thiazole rings is 1. The summed E-state index contributed by atoms with van der Waals surface area (Å²) in [7, 11) is 2.22. The van der Waals surface area contributed by atoms with Crippen LogP contribution in [0.2, 0.25) is 0 Å². The monoisotopic (exact) mass is 366 g/mol. The van der Waals surface area contributed by atoms with Crippen molar-refractivity contribution >= 4 is 17.3 Å². The summed E-state index contributed by atoms with van der Waals surface area (Å²) < 4.78 is 0. The van der Waals surface area contributed by atoms with Crippen molar-refractivity contribution in [2.45, 2.75) is 40.2 Å². The average molecular weight is 367 g/mol. The van der Waals surface area contributed by atoms with E-state index >= 15 is 0 Å². The van der Waals surface area contributed by atoms with Crippen molar-refractivity contribution in [2.24, 2.45) is 4.99 Å². The Kier molecular flexibility index (Phi) is 8.64. The molecule has 1 aliphatic heterocycles. The van der Waals surface area contributed by atoms with Crippen LogP contribution in [0.3, 0.4) is 0 Å². The van der Waals surface area contributed by atoms with Gasteiger partial charge in [0.05, 0.1) is 17.2 Å². The van der Waals surface area contributed by atoms with Crippen molar-refractivity contribution in [3.8, 4) is 0 Å². The Morgan fingerprint density at radius 1 is 1.20 bits per heavy atom. The van der Waals surface area contributed by atoms with Gasteiger partial charge in [-0.15, -0.1) is 11.3 Å². The molecule has 1 aromatic rings. The lowest BCUT2D eigenvalue weighted by atomic mass is 10.3. The topological polar surface area (TPSA) is 55.8 Å². The van der Waals surface area contributed by atoms with E-state index in [4.69, 9.17) is 4.99 Å². The number of aromatic nitrogens is 1. The second kappa shape index (κ2) is 10.7. The summed E-state index contributed by atoms with van der Waals surface area (Å²) in [6, 6.07) is 0. The Labute approximate surface area is 156 Å². The molecule has 0 aliphatic carbocycles. The second-order valence-corrected chi connectivity index (χ2v) is 8.00. The maximum atomic E-state index is 4.71. The summed E-state index contributed by atoms with van der Waals surface area (Å²) in [6.45, 7) is 14.7. The highest BCUT2D eigenvalue weighted by molar-refractivity contribution is 7.11. The molecule has 0 spiro atoms. The van der Waals surface area contributed by atoms with Gasteiger partial charge in [0.25, 0.3) is 0 Å². The standard InChI is InChI=1S/C18H34N6S/c1-5-19-18(21-14-17-15(2)22-16(3)25-17)20-8-6-10-24-11-7-9-23(4)12-13-24/h5-14H2,1-4H3,(H2,19,20,21). The van der Waals surface area contributed by atoms with E-state index in [-0.39, 0.29) is 0 Å². The largest absolute Gasteiger partial charge is 0.357 e. The zero-order chi connectivity index (χ0) is 18.1. The van der Waals surface area contributed by atoms with Gasteiger partial charge in [0, 0.05) is 31.1 Å². The predicted molar refractivity (Wildman–Crippen MR) is 108 cm³/mol. The van der Waals surface area contributed by atoms with Crippen molar-refractivity contribution in [1.29, 1.82) is 0 Å². The quantitative estimate of drug-likeness (QED) is 0.438. The van der Waals surface area contributed by atoms with Crippen LogP contribution in [0, 0.1) is 13.8 Å². The van der Waals surface area contributed by atoms with Gasteiger partial charge >= 0.3 is 0 Å². The van der Waals surface area contributed by atoms with E-state index in [2.05, 4.69) is 53.2 Å². The van der Waals surface area contributed by atoms with Crippen LogP contribution in [0.5, 0.6) is 0 Å². The SMILES string of the molecule is CCNC(=NCc1sc(C)nc1C)NCCCN1CCCN(C)CC1. The smallest absolute Gasteiger partial charge is 0.191 e. The predicted octanol–water partition coefficient (Wildman–Crippen LogP) is 1.84. The average Bonchev–Trinajstić information content (AvgIpc) is 2.77. The van der Waals surface area contributed by atoms with Gasteiger partial charge in [-0.25, -0.2) is 9.98 Å². The first kappa shape index (κ1) is 20.1. The third-order valence-corrected chi connectivity index (χ3v) is 5.54. The van der Waals surface area contributed by atoms with E-state index in [9.17, 15) is 0 Å². The molecular weight excluding hydrogens is 332 g/mol. The highest BCUT2D eigenvalue weighted by Gasteiger charge is 2.11. The molecule has 0 atom stereocenters. The number of aliphatic imine (C=N–C) groups is 1. The van der Waals surface area contributed by atoms with Gasteiger partial charge < -0.3 is 20.4 Å². The number of rotatable bonds is 7. The molecule has 142 valence electrons. The van der Waals surface area contributed by atoms with E-state index < -0.39 is 0 Å². The molecule has 2 rings (SSSR count). The van der Waals surface area contributed by atoms with Crippen molar-refractivity contribution < 1.29 is 0 Å². The van der Waals surface area contributed by atoms with Crippen molar-refractivity contribution in [3.05, 3.63) is 15.6 Å². The molecule has 1 fully saturated rings. The molecule has 0 bridgehead atoms. The van der Waals surface area contributed by atoms with E-state index in [1.54, 1.807) is 11.3 Å². The molecule has 0 radical (unpaired) electrons. The van der Waals surface area contributed by atoms with Gasteiger partial charge in [-0.2, -0.15) is 0 Å². The van der Waals surface area contributed by atoms with Crippen LogP contribution in [0.25, 0.3) is 0 Å². The molecule has 2 N–H and O–H groups in total. The minimum absolute atomic E-state index is 0.700. The fourth-order valence-corrected chi connectivity index (χ4v) is 3.91. The number of hydrogen-bond donors (Lipinski definition) is 2. The lowest BCUT2D eigenvalue weighted by Gasteiger charge is -2.20. The molecule has 0 unspecified atom stereocenters. The summed E-state index contributed by atoms with van der Waals surface area (Å²) in [4.78, 5) is 15.4. The third kappa shape index (κ3) is 7.30. The number of guanidine groups is 1. The van der Waals surface area contributed by atoms with Gasteiger partial charge in [-0.1, -0.05) is 0 Å². The Morgan fingerprint density at radius 2 is 2.04 bits per heavy atom. The fraction of sp³-hybridized carbons (Fsp3) is 0.778. The van der Waals surface area contributed by atoms with Crippen LogP contribution in [-0.2, 0) is 6.54 Å². The van der Waals surface area contributed by atoms with Crippen LogP contribution in [-0.4, -0.2) is 73.6 Å². The van der Waals surface area contributed by atoms with Gasteiger partial charge in [0.2, 0.25) is 0 Å². The van der Waals surface area contributed by atoms with E-state index in [0.717, 1.165) is 42.7 Å². The number of likely N-dealkylation sites (N-methyl/N-ethyl adjacent to an activating group) is 1. The Hall–Kier alpha value is -1.18. The van der Waals surface area contributed by atoms with Crippen LogP contribution >= 0.6 is 11.3 Å². The minimum atomic E-state index is 0.700. The summed E-state index contributed by atoms with van der Waals surface area (Å²) in [5.74, 6) is 0.906. The minimum Gasteiger partial charge on any atom is -0.357 e. The van der Waals surface area contributed by atoms with Crippen LogP contribution in [0.15, 0.2) is 4.99 Å². The maximum Gasteiger partial charge on any atom is 0.191 e. The summed E-state index contributed by atoms with van der Waals surface area (Å²) in [6.07, 6.45) is 2.43. The van der Waals surface area contributed by atoms with Crippen molar-refractivity contribution in [1.82, 2.24) is 25.4 Å². The highest BCUT2D eigenvalue weighted by Crippen LogP contribution is 2.17. The molecule has 2 heterocycles. The number of hydrogen-bond acceptors (Lipinski definition) is 5. The maximum absolute atomic E-state index is 4.71. The zero-order valence-corrected chi connectivity index (χ0v) is 17.1. The Balaban J connectivity index is 1.73. The normalized spacial score (nSPS) is 17.5. The van der Waals surface area contributed by atoms with Gasteiger partial charge in [0.1, 0.15) is 0 Å². The first-order chi connectivity index (χ1) is 12.1. The van der Waals surface area contributed by atoms with Crippen LogP contribution in [0.1, 0.15) is 35.3 Å². The van der Waals surface area contributed by atoms with E-state index in [1.807, 2.05) is 0 Å². The van der Waals surface area contributed by atoms with Gasteiger partial charge in [0.15, 0.2) is 5.96 Å². The van der Waals surface area contributed by atoms with E-state index in [0.29, 0.717) is 6.54 Å². The lowest BCUT2D eigenvalue weighted by Crippen LogP contribution is -2.39. The molecule has 1 aromatic heterocycles. The molecule has 0 aromatic carbocycles. The number of nitrogens with zero attached hydrogens (tertiary/aromatic N) is 4. The van der Waals surface area contributed by atoms with Crippen LogP contribution < -0.4 is 10.6 Å². The van der Waals surface area contributed by atoms with Crippen molar-refractivity contribution in [2.75, 3.05) is 52.9 Å². The fourth-order valence-electron chi connectivity index (χ4n) is 3.05. The molecule has 0 saturated carbocycles. The molecule has 6 nitrogen and oxygen atoms in total. The summed E-state index contributed by atoms with van der Waals surface area (Å²) >= 11 is 1.74. The van der Waals surface area contributed by atoms with Gasteiger partial charge in [-0.05, 0) is 60.3 Å². The first-order valence-corrected chi connectivity index (χ1v) is 10.3. The Morgan fingerprint density at radius 3 is 2.76 bits per heavy atom. The first-order valence-electron chi connectivity index (χ1n) is 9.44. The summed E-state index contributed by atoms with van der Waals surface area (Å²) in [5.41, 5.74) is 1.10. The number of nitrogens with one attached hydrogen (secondary N) is 2. The van der Waals surface area contributed by atoms with Gasteiger partial charge in [-0.3, -0.25) is 0 Å². The molecule has 0 amide bonds. The van der Waals surface area contributed by atoms with E-state index in [1.165, 1.54) is 37.5 Å². The zero-order valence-electron chi connectivity index (χ0n) is 16.3. The molecular formula is C18H34N6S. The van der Waals surface area contributed by atoms with Crippen molar-refractivity contribution in [3.63, 3.8) is 0 Å². The lowest BCUT2D eigenvalue weighted by molar-refractivity contribution is 0.274. The molecule has 25 heavy (non-hydrogen) atoms.